The minimum atomic E-state index is -0.489. The lowest BCUT2D eigenvalue weighted by Crippen LogP contribution is -2.30. The Morgan fingerprint density at radius 3 is 2.18 bits per heavy atom. The zero-order valence-electron chi connectivity index (χ0n) is 23.0. The number of carbonyl (C=O) groups is 3. The Hall–Kier alpha value is -3.44. The van der Waals surface area contributed by atoms with Gasteiger partial charge in [0, 0.05) is 39.0 Å². The molecule has 2 aromatic heterocycles. The number of thiocarbonyl (C=S) groups is 1. The Morgan fingerprint density at radius 1 is 1.08 bits per heavy atom. The van der Waals surface area contributed by atoms with Gasteiger partial charge >= 0.3 is 0 Å². The molecule has 38 heavy (non-hydrogen) atoms. The second-order valence-corrected chi connectivity index (χ2v) is 9.62. The quantitative estimate of drug-likeness (QED) is 0.405. The van der Waals surface area contributed by atoms with Crippen LogP contribution in [0.3, 0.4) is 0 Å². The predicted octanol–water partition coefficient (Wildman–Crippen LogP) is 2.73. The molecule has 208 valence electrons. The van der Waals surface area contributed by atoms with E-state index in [9.17, 15) is 14.4 Å². The Morgan fingerprint density at radius 2 is 1.74 bits per heavy atom. The van der Waals surface area contributed by atoms with Crippen molar-refractivity contribution in [3.8, 4) is 0 Å². The summed E-state index contributed by atoms with van der Waals surface area (Å²) in [5, 5.41) is 5.49. The summed E-state index contributed by atoms with van der Waals surface area (Å²) in [5.74, 6) is 0.138. The highest BCUT2D eigenvalue weighted by Crippen LogP contribution is 2.24. The molecule has 1 aliphatic rings. The number of nitrogens with two attached hydrogens (primary N) is 2. The fourth-order valence-corrected chi connectivity index (χ4v) is 3.75. The number of amides is 3. The van der Waals surface area contributed by atoms with Crippen molar-refractivity contribution in [1.82, 2.24) is 20.2 Å². The summed E-state index contributed by atoms with van der Waals surface area (Å²) in [6.07, 6.45) is 10.3. The van der Waals surface area contributed by atoms with Crippen LogP contribution in [0.5, 0.6) is 0 Å². The normalized spacial score (nSPS) is 12.7. The number of rotatable bonds is 6. The van der Waals surface area contributed by atoms with Gasteiger partial charge in [-0.15, -0.1) is 0 Å². The second-order valence-electron chi connectivity index (χ2n) is 9.18. The van der Waals surface area contributed by atoms with Crippen LogP contribution in [0.4, 0.5) is 5.82 Å². The van der Waals surface area contributed by atoms with Gasteiger partial charge in [-0.3, -0.25) is 19.4 Å². The molecule has 0 aliphatic heterocycles. The van der Waals surface area contributed by atoms with Gasteiger partial charge in [-0.05, 0) is 62.1 Å². The maximum atomic E-state index is 11.4. The van der Waals surface area contributed by atoms with Crippen LogP contribution in [0.2, 0.25) is 0 Å². The van der Waals surface area contributed by atoms with E-state index in [0.29, 0.717) is 23.3 Å². The minimum Gasteiger partial charge on any atom is -0.385 e. The largest absolute Gasteiger partial charge is 0.385 e. The molecule has 0 bridgehead atoms. The van der Waals surface area contributed by atoms with Gasteiger partial charge in [0.05, 0.1) is 0 Å². The van der Waals surface area contributed by atoms with Crippen LogP contribution >= 0.6 is 12.2 Å². The van der Waals surface area contributed by atoms with E-state index in [0.717, 1.165) is 42.5 Å². The molecule has 3 rings (SSSR count). The summed E-state index contributed by atoms with van der Waals surface area (Å²) >= 11 is 4.50. The molecular weight excluding hydrogens is 502 g/mol. The van der Waals surface area contributed by atoms with Gasteiger partial charge in [-0.1, -0.05) is 44.5 Å². The van der Waals surface area contributed by atoms with Crippen LogP contribution in [0.25, 0.3) is 0 Å². The standard InChI is InChI=1S/C9H11N3OS.C9H13N3O.C9H17NO/c1-2-6-3-4-7(11-5-6)12-9(13)8(10)14;1-6-3-8(9(10)13)12-5-7(6)4-11-2;1-10(2)9(11)8-6-4-3-5-7-8/h3-5H,2H2,1H3,(H2,10,14)(H,11,12,13);3,5,11H,4H2,1-2H3,(H2,10,13);8H,3-7H2,1-2H3. The zero-order chi connectivity index (χ0) is 28.7. The first-order valence-corrected chi connectivity index (χ1v) is 13.1. The topological polar surface area (TPSA) is 156 Å². The number of aromatic nitrogens is 2. The highest BCUT2D eigenvalue weighted by Gasteiger charge is 2.21. The van der Waals surface area contributed by atoms with E-state index in [4.69, 9.17) is 11.5 Å². The summed E-state index contributed by atoms with van der Waals surface area (Å²) in [6, 6.07) is 5.31. The van der Waals surface area contributed by atoms with Gasteiger partial charge in [-0.25, -0.2) is 4.98 Å². The van der Waals surface area contributed by atoms with E-state index in [1.807, 2.05) is 41.1 Å². The van der Waals surface area contributed by atoms with Crippen molar-refractivity contribution >= 4 is 40.7 Å². The van der Waals surface area contributed by atoms with Crippen molar-refractivity contribution in [2.75, 3.05) is 26.5 Å². The Labute approximate surface area is 231 Å². The molecule has 1 aliphatic carbocycles. The molecule has 0 aromatic carbocycles. The van der Waals surface area contributed by atoms with Gasteiger partial charge < -0.3 is 27.0 Å². The zero-order valence-corrected chi connectivity index (χ0v) is 23.9. The van der Waals surface area contributed by atoms with Crippen LogP contribution in [0, 0.1) is 12.8 Å². The molecule has 1 saturated carbocycles. The first-order chi connectivity index (χ1) is 18.0. The van der Waals surface area contributed by atoms with Gasteiger partial charge in [0.25, 0.3) is 11.8 Å². The second kappa shape index (κ2) is 17.1. The maximum Gasteiger partial charge on any atom is 0.283 e. The highest BCUT2D eigenvalue weighted by molar-refractivity contribution is 7.82. The van der Waals surface area contributed by atoms with E-state index < -0.39 is 11.8 Å². The van der Waals surface area contributed by atoms with Crippen molar-refractivity contribution < 1.29 is 14.4 Å². The molecule has 0 unspecified atom stereocenters. The molecule has 6 N–H and O–H groups in total. The first-order valence-electron chi connectivity index (χ1n) is 12.7. The van der Waals surface area contributed by atoms with E-state index in [2.05, 4.69) is 32.8 Å². The SMILES string of the molecule is CCc1ccc(NC(=O)C(N)=S)nc1.CN(C)C(=O)C1CCCCC1.CNCc1cnc(C(N)=O)cc1C. The number of aryl methyl sites for hydroxylation is 2. The molecule has 0 radical (unpaired) electrons. The van der Waals surface area contributed by atoms with Gasteiger partial charge in [0.1, 0.15) is 11.5 Å². The number of hydrogen-bond acceptors (Lipinski definition) is 7. The summed E-state index contributed by atoms with van der Waals surface area (Å²) in [7, 11) is 5.55. The number of nitrogens with zero attached hydrogens (tertiary/aromatic N) is 3. The lowest BCUT2D eigenvalue weighted by atomic mass is 9.88. The van der Waals surface area contributed by atoms with Gasteiger partial charge in [-0.2, -0.15) is 0 Å². The minimum absolute atomic E-state index is 0.189. The summed E-state index contributed by atoms with van der Waals surface area (Å²) in [5.41, 5.74) is 13.8. The summed E-state index contributed by atoms with van der Waals surface area (Å²) in [4.78, 5) is 42.7. The number of nitrogens with one attached hydrogen (secondary N) is 2. The van der Waals surface area contributed by atoms with Crippen LogP contribution in [0.15, 0.2) is 30.6 Å². The first kappa shape index (κ1) is 32.6. The average Bonchev–Trinajstić information content (AvgIpc) is 2.91. The van der Waals surface area contributed by atoms with Gasteiger partial charge in [0.2, 0.25) is 5.91 Å². The van der Waals surface area contributed by atoms with Crippen molar-refractivity contribution in [2.24, 2.45) is 17.4 Å². The van der Waals surface area contributed by atoms with E-state index in [-0.39, 0.29) is 4.99 Å². The molecule has 0 spiro atoms. The third kappa shape index (κ3) is 11.7. The number of hydrogen-bond donors (Lipinski definition) is 4. The molecule has 11 heteroatoms. The average molecular weight is 544 g/mol. The third-order valence-corrected chi connectivity index (χ3v) is 6.12. The fraction of sp³-hybridized carbons (Fsp3) is 0.481. The van der Waals surface area contributed by atoms with Crippen LogP contribution < -0.4 is 22.1 Å². The maximum absolute atomic E-state index is 11.4. The molecule has 2 heterocycles. The highest BCUT2D eigenvalue weighted by atomic mass is 32.1. The number of carbonyl (C=O) groups excluding carboxylic acids is 3. The number of primary amides is 1. The monoisotopic (exact) mass is 543 g/mol. The molecule has 0 saturated heterocycles. The Balaban J connectivity index is 0.000000287. The van der Waals surface area contributed by atoms with Crippen LogP contribution in [-0.2, 0) is 22.6 Å². The molecule has 3 amide bonds. The lowest BCUT2D eigenvalue weighted by molar-refractivity contribution is -0.133. The Bertz CT molecular complexity index is 1070. The molecule has 10 nitrogen and oxygen atoms in total. The smallest absolute Gasteiger partial charge is 0.283 e. The Kier molecular flexibility index (Phi) is 14.7. The van der Waals surface area contributed by atoms with E-state index in [1.165, 1.54) is 19.3 Å². The van der Waals surface area contributed by atoms with Crippen molar-refractivity contribution in [3.05, 3.63) is 53.0 Å². The van der Waals surface area contributed by atoms with Gasteiger partial charge in [0.15, 0.2) is 4.99 Å². The van der Waals surface area contributed by atoms with Crippen molar-refractivity contribution in [3.63, 3.8) is 0 Å². The third-order valence-electron chi connectivity index (χ3n) is 5.93. The van der Waals surface area contributed by atoms with Crippen LogP contribution in [0.1, 0.15) is 66.2 Å². The van der Waals surface area contributed by atoms with Crippen molar-refractivity contribution in [2.45, 2.75) is 58.9 Å². The van der Waals surface area contributed by atoms with Crippen molar-refractivity contribution in [1.29, 1.82) is 0 Å². The van der Waals surface area contributed by atoms with Crippen LogP contribution in [-0.4, -0.2) is 58.7 Å². The molecule has 2 aromatic rings. The predicted molar refractivity (Wildman–Crippen MR) is 155 cm³/mol. The molecule has 0 atom stereocenters. The van der Waals surface area contributed by atoms with E-state index >= 15 is 0 Å². The number of pyridine rings is 2. The number of anilines is 1. The van der Waals surface area contributed by atoms with E-state index in [1.54, 1.807) is 29.4 Å². The molecular formula is C27H41N7O3S. The summed E-state index contributed by atoms with van der Waals surface area (Å²) in [6.45, 7) is 4.71. The molecule has 1 fully saturated rings. The fourth-order valence-electron chi connectivity index (χ4n) is 3.69. The lowest BCUT2D eigenvalue weighted by Gasteiger charge is -2.23. The summed E-state index contributed by atoms with van der Waals surface area (Å²) < 4.78 is 0.